The molecule has 0 saturated carbocycles. The molecule has 1 saturated heterocycles. The molecule has 2 aliphatic heterocycles. The van der Waals surface area contributed by atoms with E-state index in [1.54, 1.807) is 0 Å². The third-order valence-corrected chi connectivity index (χ3v) is 4.31. The summed E-state index contributed by atoms with van der Waals surface area (Å²) in [6.45, 7) is 3.14. The molecule has 2 aromatic rings. The molecule has 6 nitrogen and oxygen atoms in total. The molecule has 0 aliphatic carbocycles. The van der Waals surface area contributed by atoms with Crippen molar-refractivity contribution in [1.29, 1.82) is 0 Å². The largest absolute Gasteiger partial charge is 0.374 e. The van der Waals surface area contributed by atoms with Gasteiger partial charge in [-0.15, -0.1) is 0 Å². The Hall–Kier alpha value is -1.89. The molecule has 23 heavy (non-hydrogen) atoms. The molecule has 1 unspecified atom stereocenters. The van der Waals surface area contributed by atoms with E-state index in [2.05, 4.69) is 31.9 Å². The summed E-state index contributed by atoms with van der Waals surface area (Å²) in [5, 5.41) is 0.463. The van der Waals surface area contributed by atoms with Gasteiger partial charge in [-0.2, -0.15) is 0 Å². The van der Waals surface area contributed by atoms with Crippen molar-refractivity contribution < 1.29 is 9.47 Å². The van der Waals surface area contributed by atoms with Crippen LogP contribution in [0, 0.1) is 0 Å². The maximum Gasteiger partial charge on any atom is 0.160 e. The molecular formula is C16H17ClN4O2. The van der Waals surface area contributed by atoms with Gasteiger partial charge in [0.15, 0.2) is 17.2 Å². The van der Waals surface area contributed by atoms with Crippen molar-refractivity contribution in [2.24, 2.45) is 0 Å². The van der Waals surface area contributed by atoms with E-state index in [0.717, 1.165) is 18.1 Å². The average molecular weight is 333 g/mol. The molecule has 0 spiro atoms. The van der Waals surface area contributed by atoms with Crippen LogP contribution < -0.4 is 9.80 Å². The summed E-state index contributed by atoms with van der Waals surface area (Å²) in [6, 6.07) is 10.3. The number of anilines is 2. The molecule has 1 aromatic heterocycles. The first-order valence-corrected chi connectivity index (χ1v) is 7.96. The zero-order valence-electron chi connectivity index (χ0n) is 12.6. The molecule has 120 valence electrons. The van der Waals surface area contributed by atoms with Crippen LogP contribution in [0.15, 0.2) is 36.7 Å². The number of ether oxygens (including phenoxy) is 2. The topological polar surface area (TPSA) is 50.7 Å². The Morgan fingerprint density at radius 3 is 2.83 bits per heavy atom. The third kappa shape index (κ3) is 2.85. The number of halogens is 1. The summed E-state index contributed by atoms with van der Waals surface area (Å²) >= 11 is 6.34. The highest BCUT2D eigenvalue weighted by molar-refractivity contribution is 6.32. The Morgan fingerprint density at radius 2 is 2.04 bits per heavy atom. The third-order valence-electron chi connectivity index (χ3n) is 4.03. The number of nitrogens with zero attached hydrogens (tertiary/aromatic N) is 4. The van der Waals surface area contributed by atoms with Gasteiger partial charge in [-0.25, -0.2) is 9.97 Å². The van der Waals surface area contributed by atoms with Crippen LogP contribution in [0.1, 0.15) is 5.56 Å². The minimum atomic E-state index is -0.144. The molecule has 0 amide bonds. The first-order chi connectivity index (χ1) is 11.3. The molecule has 1 aromatic carbocycles. The zero-order valence-corrected chi connectivity index (χ0v) is 13.3. The highest BCUT2D eigenvalue weighted by Crippen LogP contribution is 2.40. The molecule has 2 aliphatic rings. The van der Waals surface area contributed by atoms with Crippen molar-refractivity contribution in [2.75, 3.05) is 36.3 Å². The number of aromatic nitrogens is 2. The molecule has 3 heterocycles. The van der Waals surface area contributed by atoms with Crippen molar-refractivity contribution in [3.8, 4) is 0 Å². The zero-order chi connectivity index (χ0) is 15.6. The van der Waals surface area contributed by atoms with Gasteiger partial charge >= 0.3 is 0 Å². The van der Waals surface area contributed by atoms with E-state index in [0.29, 0.717) is 31.6 Å². The lowest BCUT2D eigenvalue weighted by molar-refractivity contribution is -0.0879. The minimum absolute atomic E-state index is 0.144. The maximum atomic E-state index is 6.34. The predicted molar refractivity (Wildman–Crippen MR) is 87.6 cm³/mol. The number of hydrogen-bond acceptors (Lipinski definition) is 6. The van der Waals surface area contributed by atoms with Gasteiger partial charge in [0, 0.05) is 6.54 Å². The van der Waals surface area contributed by atoms with E-state index in [-0.39, 0.29) is 6.23 Å². The molecule has 7 heteroatoms. The van der Waals surface area contributed by atoms with Crippen molar-refractivity contribution >= 4 is 23.1 Å². The molecule has 1 fully saturated rings. The van der Waals surface area contributed by atoms with Gasteiger partial charge in [0.2, 0.25) is 0 Å². The predicted octanol–water partition coefficient (Wildman–Crippen LogP) is 2.29. The molecule has 0 N–H and O–H groups in total. The van der Waals surface area contributed by atoms with Crippen LogP contribution in [0.25, 0.3) is 0 Å². The smallest absolute Gasteiger partial charge is 0.160 e. The van der Waals surface area contributed by atoms with Crippen molar-refractivity contribution in [2.45, 2.75) is 12.8 Å². The number of rotatable bonds is 3. The Balaban J connectivity index is 1.64. The lowest BCUT2D eigenvalue weighted by Gasteiger charge is -2.32. The molecule has 4 rings (SSSR count). The van der Waals surface area contributed by atoms with Gasteiger partial charge in [-0.05, 0) is 5.56 Å². The quantitative estimate of drug-likeness (QED) is 0.804. The first-order valence-electron chi connectivity index (χ1n) is 7.58. The fraction of sp³-hybridized carbons (Fsp3) is 0.375. The standard InChI is InChI=1S/C16H17ClN4O2/c17-15-14-16(19-10-18-15)21(13-9-22-6-7-23-13)11-20(14)8-12-4-2-1-3-5-12/h1-5,10,13H,6-9,11H2. The number of hydrogen-bond donors (Lipinski definition) is 0. The van der Waals surface area contributed by atoms with E-state index in [4.69, 9.17) is 21.1 Å². The van der Waals surface area contributed by atoms with Crippen LogP contribution in [0.5, 0.6) is 0 Å². The van der Waals surface area contributed by atoms with E-state index in [1.165, 1.54) is 11.9 Å². The van der Waals surface area contributed by atoms with E-state index >= 15 is 0 Å². The normalized spacial score (nSPS) is 20.7. The van der Waals surface area contributed by atoms with Crippen LogP contribution >= 0.6 is 11.6 Å². The lowest BCUT2D eigenvalue weighted by atomic mass is 10.2. The highest BCUT2D eigenvalue weighted by Gasteiger charge is 2.35. The van der Waals surface area contributed by atoms with E-state index in [9.17, 15) is 0 Å². The van der Waals surface area contributed by atoms with Crippen LogP contribution in [-0.4, -0.2) is 42.7 Å². The number of benzene rings is 1. The SMILES string of the molecule is Clc1ncnc2c1N(Cc1ccccc1)CN2C1COCCO1. The van der Waals surface area contributed by atoms with Crippen LogP contribution in [0.4, 0.5) is 11.5 Å². The summed E-state index contributed by atoms with van der Waals surface area (Å²) < 4.78 is 11.4. The van der Waals surface area contributed by atoms with Gasteiger partial charge in [-0.1, -0.05) is 41.9 Å². The Labute approximate surface area is 139 Å². The molecular weight excluding hydrogens is 316 g/mol. The number of fused-ring (bicyclic) bond motifs is 1. The lowest BCUT2D eigenvalue weighted by Crippen LogP contribution is -2.46. The summed E-state index contributed by atoms with van der Waals surface area (Å²) in [5.74, 6) is 0.802. The second-order valence-corrected chi connectivity index (χ2v) is 5.89. The van der Waals surface area contributed by atoms with Gasteiger partial charge in [0.25, 0.3) is 0 Å². The monoisotopic (exact) mass is 332 g/mol. The highest BCUT2D eigenvalue weighted by atomic mass is 35.5. The second kappa shape index (κ2) is 6.31. The maximum absolute atomic E-state index is 6.34. The summed E-state index contributed by atoms with van der Waals surface area (Å²) in [7, 11) is 0. The first kappa shape index (κ1) is 14.7. The van der Waals surface area contributed by atoms with Crippen LogP contribution in [-0.2, 0) is 16.0 Å². The van der Waals surface area contributed by atoms with E-state index in [1.807, 2.05) is 18.2 Å². The average Bonchev–Trinajstić information content (AvgIpc) is 2.96. The summed E-state index contributed by atoms with van der Waals surface area (Å²) in [6.07, 6.45) is 1.35. The van der Waals surface area contributed by atoms with Gasteiger partial charge < -0.3 is 19.3 Å². The van der Waals surface area contributed by atoms with Gasteiger partial charge in [0.1, 0.15) is 12.0 Å². The van der Waals surface area contributed by atoms with Gasteiger partial charge in [0.05, 0.1) is 26.5 Å². The molecule has 0 bridgehead atoms. The van der Waals surface area contributed by atoms with Gasteiger partial charge in [-0.3, -0.25) is 0 Å². The van der Waals surface area contributed by atoms with Crippen LogP contribution in [0.3, 0.4) is 0 Å². The summed E-state index contributed by atoms with van der Waals surface area (Å²) in [5.41, 5.74) is 2.06. The Morgan fingerprint density at radius 1 is 1.17 bits per heavy atom. The van der Waals surface area contributed by atoms with E-state index < -0.39 is 0 Å². The Kier molecular flexibility index (Phi) is 4.03. The second-order valence-electron chi connectivity index (χ2n) is 5.53. The van der Waals surface area contributed by atoms with Crippen molar-refractivity contribution in [3.05, 3.63) is 47.4 Å². The van der Waals surface area contributed by atoms with Crippen molar-refractivity contribution in [1.82, 2.24) is 9.97 Å². The fourth-order valence-electron chi connectivity index (χ4n) is 2.97. The minimum Gasteiger partial charge on any atom is -0.374 e. The summed E-state index contributed by atoms with van der Waals surface area (Å²) in [4.78, 5) is 12.8. The molecule has 0 radical (unpaired) electrons. The fourth-order valence-corrected chi connectivity index (χ4v) is 3.22. The molecule has 1 atom stereocenters. The Bertz CT molecular complexity index is 679. The van der Waals surface area contributed by atoms with Crippen LogP contribution in [0.2, 0.25) is 5.15 Å². The van der Waals surface area contributed by atoms with Crippen molar-refractivity contribution in [3.63, 3.8) is 0 Å².